The Morgan fingerprint density at radius 1 is 1.20 bits per heavy atom. The third-order valence-corrected chi connectivity index (χ3v) is 5.88. The van der Waals surface area contributed by atoms with Crippen LogP contribution in [-0.2, 0) is 21.8 Å². The van der Waals surface area contributed by atoms with E-state index in [-0.39, 0.29) is 12.8 Å². The van der Waals surface area contributed by atoms with E-state index in [0.717, 1.165) is 38.6 Å². The molecule has 1 aliphatic heterocycles. The van der Waals surface area contributed by atoms with Crippen molar-refractivity contribution in [2.24, 2.45) is 0 Å². The molecule has 0 fully saturated rings. The standard InChI is InChI=1S/C22H19N3O4S/c1-2-28-21(26)15-9-16-11-27-13-29-20(16)17(10-15)12-30-22-24-23-19-8-7-14-5-3-4-6-18(14)25(19)22/h3-10H,2,11-13H2,1H3. The number of pyridine rings is 1. The number of nitrogens with zero attached hydrogens (tertiary/aromatic N) is 3. The van der Waals surface area contributed by atoms with E-state index in [1.165, 1.54) is 0 Å². The molecule has 0 spiro atoms. The van der Waals surface area contributed by atoms with E-state index in [0.29, 0.717) is 24.5 Å². The lowest BCUT2D eigenvalue weighted by atomic mass is 10.0. The minimum atomic E-state index is -0.351. The zero-order chi connectivity index (χ0) is 20.5. The van der Waals surface area contributed by atoms with E-state index in [1.54, 1.807) is 24.8 Å². The van der Waals surface area contributed by atoms with Gasteiger partial charge in [0, 0.05) is 16.9 Å². The number of para-hydroxylation sites is 1. The number of hydrogen-bond acceptors (Lipinski definition) is 7. The summed E-state index contributed by atoms with van der Waals surface area (Å²) in [5.41, 5.74) is 4.09. The van der Waals surface area contributed by atoms with E-state index in [4.69, 9.17) is 14.2 Å². The van der Waals surface area contributed by atoms with Gasteiger partial charge in [0.1, 0.15) is 5.75 Å². The Kier molecular flexibility index (Phi) is 5.02. The van der Waals surface area contributed by atoms with Gasteiger partial charge in [-0.05, 0) is 42.6 Å². The molecule has 1 aliphatic rings. The summed E-state index contributed by atoms with van der Waals surface area (Å²) in [6, 6.07) is 15.7. The van der Waals surface area contributed by atoms with Gasteiger partial charge in [0.2, 0.25) is 0 Å². The second-order valence-electron chi connectivity index (χ2n) is 6.81. The Labute approximate surface area is 177 Å². The molecule has 0 amide bonds. The second kappa shape index (κ2) is 7.97. The molecular formula is C22H19N3O4S. The van der Waals surface area contributed by atoms with Crippen LogP contribution in [0, 0.1) is 0 Å². The van der Waals surface area contributed by atoms with E-state index < -0.39 is 0 Å². The number of fused-ring (bicyclic) bond motifs is 4. The van der Waals surface area contributed by atoms with Gasteiger partial charge in [-0.1, -0.05) is 30.0 Å². The monoisotopic (exact) mass is 421 g/mol. The summed E-state index contributed by atoms with van der Waals surface area (Å²) in [7, 11) is 0. The molecule has 2 aromatic carbocycles. The van der Waals surface area contributed by atoms with Gasteiger partial charge >= 0.3 is 5.97 Å². The van der Waals surface area contributed by atoms with Crippen LogP contribution in [0.3, 0.4) is 0 Å². The zero-order valence-electron chi connectivity index (χ0n) is 16.3. The molecular weight excluding hydrogens is 402 g/mol. The maximum absolute atomic E-state index is 12.3. The highest BCUT2D eigenvalue weighted by molar-refractivity contribution is 7.98. The average Bonchev–Trinajstić information content (AvgIpc) is 3.21. The summed E-state index contributed by atoms with van der Waals surface area (Å²) in [5.74, 6) is 0.982. The van der Waals surface area contributed by atoms with Crippen LogP contribution in [0.2, 0.25) is 0 Å². The first-order valence-corrected chi connectivity index (χ1v) is 10.6. The van der Waals surface area contributed by atoms with Crippen molar-refractivity contribution < 1.29 is 19.0 Å². The molecule has 152 valence electrons. The van der Waals surface area contributed by atoms with Crippen LogP contribution in [-0.4, -0.2) is 34.0 Å². The van der Waals surface area contributed by atoms with Crippen LogP contribution >= 0.6 is 11.8 Å². The number of benzene rings is 2. The van der Waals surface area contributed by atoms with Gasteiger partial charge in [-0.3, -0.25) is 4.40 Å². The van der Waals surface area contributed by atoms with Gasteiger partial charge in [0.25, 0.3) is 0 Å². The van der Waals surface area contributed by atoms with Crippen LogP contribution in [0.5, 0.6) is 5.75 Å². The van der Waals surface area contributed by atoms with Gasteiger partial charge in [-0.25, -0.2) is 4.79 Å². The van der Waals surface area contributed by atoms with E-state index >= 15 is 0 Å². The third kappa shape index (κ3) is 3.38. The second-order valence-corrected chi connectivity index (χ2v) is 7.75. The molecule has 0 radical (unpaired) electrons. The first-order chi connectivity index (χ1) is 14.7. The van der Waals surface area contributed by atoms with Crippen LogP contribution in [0.25, 0.3) is 16.6 Å². The molecule has 2 aromatic heterocycles. The lowest BCUT2D eigenvalue weighted by molar-refractivity contribution is -0.0169. The minimum absolute atomic E-state index is 0.196. The van der Waals surface area contributed by atoms with Crippen LogP contribution in [0.1, 0.15) is 28.4 Å². The number of carbonyl (C=O) groups is 1. The van der Waals surface area contributed by atoms with Crippen molar-refractivity contribution >= 4 is 34.3 Å². The maximum Gasteiger partial charge on any atom is 0.338 e. The Bertz CT molecular complexity index is 1250. The average molecular weight is 421 g/mol. The number of rotatable bonds is 5. The van der Waals surface area contributed by atoms with Crippen LogP contribution in [0.4, 0.5) is 0 Å². The number of hydrogen-bond donors (Lipinski definition) is 0. The predicted octanol–water partition coefficient (Wildman–Crippen LogP) is 4.22. The molecule has 0 bridgehead atoms. The van der Waals surface area contributed by atoms with Gasteiger partial charge in [-0.15, -0.1) is 10.2 Å². The van der Waals surface area contributed by atoms with Crippen molar-refractivity contribution in [3.05, 3.63) is 65.2 Å². The van der Waals surface area contributed by atoms with Gasteiger partial charge in [-0.2, -0.15) is 0 Å². The highest BCUT2D eigenvalue weighted by Crippen LogP contribution is 2.34. The fourth-order valence-corrected chi connectivity index (χ4v) is 4.51. The molecule has 0 saturated heterocycles. The number of thioether (sulfide) groups is 1. The summed E-state index contributed by atoms with van der Waals surface area (Å²) >= 11 is 1.55. The normalized spacial score (nSPS) is 13.2. The summed E-state index contributed by atoms with van der Waals surface area (Å²) in [4.78, 5) is 12.3. The zero-order valence-corrected chi connectivity index (χ0v) is 17.1. The van der Waals surface area contributed by atoms with Crippen molar-refractivity contribution in [2.75, 3.05) is 13.4 Å². The minimum Gasteiger partial charge on any atom is -0.467 e. The number of esters is 1. The molecule has 4 aromatic rings. The van der Waals surface area contributed by atoms with E-state index in [1.807, 2.05) is 34.7 Å². The Hall–Kier alpha value is -3.10. The Balaban J connectivity index is 1.51. The lowest BCUT2D eigenvalue weighted by Crippen LogP contribution is -2.15. The molecule has 5 rings (SSSR count). The third-order valence-electron chi connectivity index (χ3n) is 4.90. The van der Waals surface area contributed by atoms with Crippen LogP contribution < -0.4 is 4.74 Å². The highest BCUT2D eigenvalue weighted by Gasteiger charge is 2.21. The molecule has 0 aliphatic carbocycles. The summed E-state index contributed by atoms with van der Waals surface area (Å²) in [6.07, 6.45) is 0. The molecule has 0 N–H and O–H groups in total. The van der Waals surface area contributed by atoms with Gasteiger partial charge in [0.05, 0.1) is 24.3 Å². The molecule has 7 nitrogen and oxygen atoms in total. The maximum atomic E-state index is 12.3. The molecule has 0 saturated carbocycles. The molecule has 3 heterocycles. The largest absolute Gasteiger partial charge is 0.467 e. The Morgan fingerprint density at radius 2 is 2.10 bits per heavy atom. The lowest BCUT2D eigenvalue weighted by Gasteiger charge is -2.21. The summed E-state index contributed by atoms with van der Waals surface area (Å²) < 4.78 is 18.4. The SMILES string of the molecule is CCOC(=O)c1cc2c(c(CSc3nnc4ccc5ccccc5n34)c1)OCOC2. The quantitative estimate of drug-likeness (QED) is 0.353. The highest BCUT2D eigenvalue weighted by atomic mass is 32.2. The van der Waals surface area contributed by atoms with Gasteiger partial charge < -0.3 is 14.2 Å². The van der Waals surface area contributed by atoms with Crippen molar-refractivity contribution in [3.63, 3.8) is 0 Å². The number of ether oxygens (including phenoxy) is 3. The first-order valence-electron chi connectivity index (χ1n) is 9.63. The molecule has 8 heteroatoms. The van der Waals surface area contributed by atoms with Gasteiger partial charge in [0.15, 0.2) is 17.6 Å². The number of carbonyl (C=O) groups excluding carboxylic acids is 1. The first kappa shape index (κ1) is 18.9. The van der Waals surface area contributed by atoms with Crippen molar-refractivity contribution in [1.29, 1.82) is 0 Å². The predicted molar refractivity (Wildman–Crippen MR) is 113 cm³/mol. The summed E-state index contributed by atoms with van der Waals surface area (Å²) in [6.45, 7) is 2.71. The molecule has 0 unspecified atom stereocenters. The van der Waals surface area contributed by atoms with Crippen molar-refractivity contribution in [3.8, 4) is 5.75 Å². The smallest absolute Gasteiger partial charge is 0.338 e. The van der Waals surface area contributed by atoms with E-state index in [9.17, 15) is 4.79 Å². The Morgan fingerprint density at radius 3 is 3.00 bits per heavy atom. The van der Waals surface area contributed by atoms with E-state index in [2.05, 4.69) is 22.3 Å². The van der Waals surface area contributed by atoms with Crippen LogP contribution in [0.15, 0.2) is 53.7 Å². The van der Waals surface area contributed by atoms with Crippen molar-refractivity contribution in [1.82, 2.24) is 14.6 Å². The molecule has 30 heavy (non-hydrogen) atoms. The topological polar surface area (TPSA) is 75.0 Å². The fourth-order valence-electron chi connectivity index (χ4n) is 3.59. The number of aromatic nitrogens is 3. The summed E-state index contributed by atoms with van der Waals surface area (Å²) in [5, 5.41) is 10.6. The fraction of sp³-hybridized carbons (Fsp3) is 0.227. The molecule has 0 atom stereocenters. The van der Waals surface area contributed by atoms with Crippen molar-refractivity contribution in [2.45, 2.75) is 24.4 Å².